The predicted molar refractivity (Wildman–Crippen MR) is 108 cm³/mol. The van der Waals surface area contributed by atoms with Gasteiger partial charge < -0.3 is 48.9 Å². The maximum atomic E-state index is 14.2. The summed E-state index contributed by atoms with van der Waals surface area (Å²) < 4.78 is 66.2. The van der Waals surface area contributed by atoms with Gasteiger partial charge >= 0.3 is 64.8 Å². The van der Waals surface area contributed by atoms with Gasteiger partial charge in [-0.2, -0.15) is 0 Å². The smallest absolute Gasteiger partial charge is 0.756 e. The molecule has 2 aliphatic rings. The first-order valence-corrected chi connectivity index (χ1v) is 13.2. The van der Waals surface area contributed by atoms with Gasteiger partial charge in [0, 0.05) is 19.4 Å². The average Bonchev–Trinajstić information content (AvgIpc) is 3.07. The number of aliphatic hydroxyl groups is 4. The molecule has 0 aliphatic carbocycles. The Hall–Kier alpha value is 0.590. The van der Waals surface area contributed by atoms with E-state index in [2.05, 4.69) is 18.1 Å². The zero-order valence-electron chi connectivity index (χ0n) is 20.7. The van der Waals surface area contributed by atoms with E-state index in [1.807, 2.05) is 4.98 Å². The Kier molecular flexibility index (Phi) is 14.8. The summed E-state index contributed by atoms with van der Waals surface area (Å²) in [4.78, 5) is 49.0. The number of phosphoric acid groups is 2. The van der Waals surface area contributed by atoms with Gasteiger partial charge in [0.25, 0.3) is 21.2 Å². The van der Waals surface area contributed by atoms with Gasteiger partial charge in [0.2, 0.25) is 0 Å². The molecule has 1 aromatic heterocycles. The molecule has 39 heavy (non-hydrogen) atoms. The number of halogens is 1. The zero-order chi connectivity index (χ0) is 27.7. The van der Waals surface area contributed by atoms with Gasteiger partial charge in [0.15, 0.2) is 18.7 Å². The number of ether oxygens (including phenoxy) is 3. The van der Waals surface area contributed by atoms with Crippen LogP contribution in [0.1, 0.15) is 6.23 Å². The first-order valence-electron chi connectivity index (χ1n) is 10.3. The Morgan fingerprint density at radius 2 is 1.59 bits per heavy atom. The molecule has 1 aromatic rings. The Labute approximate surface area is 262 Å². The molecule has 0 radical (unpaired) electrons. The topological polar surface area (TPSA) is 271 Å². The summed E-state index contributed by atoms with van der Waals surface area (Å²) in [6.45, 7) is -1.54. The molecule has 2 fully saturated rings. The van der Waals surface area contributed by atoms with Crippen LogP contribution in [0.5, 0.6) is 0 Å². The van der Waals surface area contributed by atoms with Crippen molar-refractivity contribution in [3.05, 3.63) is 33.1 Å². The number of hydrogen-bond acceptors (Lipinski definition) is 16. The van der Waals surface area contributed by atoms with Crippen molar-refractivity contribution >= 4 is 15.6 Å². The van der Waals surface area contributed by atoms with Crippen LogP contribution in [0.25, 0.3) is 0 Å². The van der Waals surface area contributed by atoms with E-state index in [0.29, 0.717) is 4.57 Å². The molecule has 0 bridgehead atoms. The van der Waals surface area contributed by atoms with Crippen molar-refractivity contribution in [1.29, 1.82) is 0 Å². The summed E-state index contributed by atoms with van der Waals surface area (Å²) in [5.74, 6) is 0. The molecule has 2 saturated heterocycles. The minimum atomic E-state index is -5.95. The molecule has 0 amide bonds. The first-order chi connectivity index (χ1) is 17.2. The van der Waals surface area contributed by atoms with Gasteiger partial charge in [0.1, 0.15) is 36.6 Å². The van der Waals surface area contributed by atoms with Gasteiger partial charge in [-0.05, 0) is 0 Å². The summed E-state index contributed by atoms with van der Waals surface area (Å²) in [6, 6.07) is 0.911. The van der Waals surface area contributed by atoms with Crippen LogP contribution in [0, 0.1) is 0 Å². The van der Waals surface area contributed by atoms with Crippen molar-refractivity contribution in [3.63, 3.8) is 0 Å². The fraction of sp³-hybridized carbons (Fsp3) is 0.750. The maximum absolute atomic E-state index is 14.2. The van der Waals surface area contributed by atoms with E-state index in [1.165, 1.54) is 0 Å². The van der Waals surface area contributed by atoms with Gasteiger partial charge in [-0.3, -0.25) is 28.0 Å². The van der Waals surface area contributed by atoms with Crippen LogP contribution in [-0.4, -0.2) is 99.4 Å². The molecule has 5 N–H and O–H groups in total. The SMILES string of the molecule is COCC1OC(OP(=O)([O-])OP(=O)([O-])OC[C@H]2O[C@@H](n3ccc(=O)[nH]c3=O)[C@H](O)[C@@H]2O)C(F)C(O)C1O.[Na+].[Na+]. The molecule has 11 atom stereocenters. The molecule has 3 rings (SSSR count). The Morgan fingerprint density at radius 1 is 1.00 bits per heavy atom. The van der Waals surface area contributed by atoms with Crippen molar-refractivity contribution < 1.29 is 130 Å². The number of phosphoric ester groups is 2. The average molecular weight is 626 g/mol. The third-order valence-corrected chi connectivity index (χ3v) is 7.78. The molecule has 23 heteroatoms. The van der Waals surface area contributed by atoms with Crippen LogP contribution in [0.3, 0.4) is 0 Å². The van der Waals surface area contributed by atoms with Crippen molar-refractivity contribution in [2.75, 3.05) is 20.3 Å². The number of nitrogens with zero attached hydrogens (tertiary/aromatic N) is 1. The van der Waals surface area contributed by atoms with Crippen LogP contribution in [0.2, 0.25) is 0 Å². The van der Waals surface area contributed by atoms with E-state index in [9.17, 15) is 53.3 Å². The van der Waals surface area contributed by atoms with Crippen LogP contribution >= 0.6 is 15.6 Å². The molecule has 0 spiro atoms. The van der Waals surface area contributed by atoms with Crippen LogP contribution in [0.4, 0.5) is 4.39 Å². The normalized spacial score (nSPS) is 35.7. The fourth-order valence-electron chi connectivity index (χ4n) is 3.46. The van der Waals surface area contributed by atoms with Gasteiger partial charge in [-0.15, -0.1) is 0 Å². The number of rotatable bonds is 10. The second kappa shape index (κ2) is 15.4. The van der Waals surface area contributed by atoms with Gasteiger partial charge in [0.05, 0.1) is 13.2 Å². The Balaban J connectivity index is 0.00000380. The number of aliphatic hydroxyl groups excluding tert-OH is 4. The number of alkyl halides is 1. The largest absolute Gasteiger partial charge is 1.00 e. The second-order valence-electron chi connectivity index (χ2n) is 7.86. The summed E-state index contributed by atoms with van der Waals surface area (Å²) >= 11 is 0. The Morgan fingerprint density at radius 3 is 2.18 bits per heavy atom. The van der Waals surface area contributed by atoms with Crippen LogP contribution < -0.4 is 80.2 Å². The molecular weight excluding hydrogens is 603 g/mol. The first kappa shape index (κ1) is 37.6. The van der Waals surface area contributed by atoms with E-state index in [0.717, 1.165) is 19.4 Å². The van der Waals surface area contributed by atoms with E-state index in [4.69, 9.17) is 9.47 Å². The number of hydrogen-bond donors (Lipinski definition) is 5. The van der Waals surface area contributed by atoms with E-state index >= 15 is 0 Å². The molecule has 7 unspecified atom stereocenters. The van der Waals surface area contributed by atoms with Crippen molar-refractivity contribution in [1.82, 2.24) is 9.55 Å². The fourth-order valence-corrected chi connectivity index (χ4v) is 5.54. The van der Waals surface area contributed by atoms with E-state index in [-0.39, 0.29) is 59.1 Å². The maximum Gasteiger partial charge on any atom is 1.00 e. The second-order valence-corrected chi connectivity index (χ2v) is 10.8. The van der Waals surface area contributed by atoms with Crippen LogP contribution in [-0.2, 0) is 36.7 Å². The summed E-state index contributed by atoms with van der Waals surface area (Å²) in [5, 5.41) is 39.7. The number of aromatic amines is 1. The molecule has 2 aliphatic heterocycles. The Bertz CT molecular complexity index is 1160. The summed E-state index contributed by atoms with van der Waals surface area (Å²) in [6.07, 6.45) is -16.4. The monoisotopic (exact) mass is 626 g/mol. The number of aromatic nitrogens is 2. The quantitative estimate of drug-likeness (QED) is 0.119. The molecular formula is C16H23FN2Na2O16P2. The molecule has 212 valence electrons. The van der Waals surface area contributed by atoms with Crippen molar-refractivity contribution in [2.45, 2.75) is 55.3 Å². The van der Waals surface area contributed by atoms with Crippen molar-refractivity contribution in [2.24, 2.45) is 0 Å². The van der Waals surface area contributed by atoms with Gasteiger partial charge in [-0.1, -0.05) is 0 Å². The number of H-pyrrole nitrogens is 1. The zero-order valence-corrected chi connectivity index (χ0v) is 26.5. The molecule has 3 heterocycles. The summed E-state index contributed by atoms with van der Waals surface area (Å²) in [5.41, 5.74) is -1.78. The number of nitrogens with one attached hydrogen (secondary N) is 1. The third kappa shape index (κ3) is 9.54. The van der Waals surface area contributed by atoms with E-state index in [1.54, 1.807) is 0 Å². The number of methoxy groups -OCH3 is 1. The molecule has 18 nitrogen and oxygen atoms in total. The summed E-state index contributed by atoms with van der Waals surface area (Å²) in [7, 11) is -10.6. The molecule has 0 aromatic carbocycles. The van der Waals surface area contributed by atoms with Gasteiger partial charge in [-0.25, -0.2) is 13.5 Å². The van der Waals surface area contributed by atoms with E-state index < -0.39 is 95.4 Å². The van der Waals surface area contributed by atoms with Crippen molar-refractivity contribution in [3.8, 4) is 0 Å². The standard InChI is InChI=1S/C16H25FN2O16P2.2Na/c1-30-4-6-10(21)12(23)9(17)15(33-6)34-37(28,29)35-36(26,27)31-5-7-11(22)13(24)14(32-7)19-3-2-8(20)18-16(19)25;;/h2-3,6-7,9-15,21-24H,4-5H2,1H3,(H,26,27)(H,28,29)(H,18,20,25);;/q;2*+1/p-2/t6?,7-,9?,10?,11-,12?,13-,14-,15?;;/m1../s1. The minimum Gasteiger partial charge on any atom is -0.756 e. The van der Waals surface area contributed by atoms with Crippen LogP contribution in [0.15, 0.2) is 21.9 Å². The molecule has 0 saturated carbocycles. The third-order valence-electron chi connectivity index (χ3n) is 5.25. The minimum absolute atomic E-state index is 0. The predicted octanol–water partition coefficient (Wildman–Crippen LogP) is -10.4.